The molecular formula is C25H31N3O4. The molecule has 1 heterocycles. The highest BCUT2D eigenvalue weighted by Gasteiger charge is 2.22. The van der Waals surface area contributed by atoms with Crippen LogP contribution in [0, 0.1) is 0 Å². The summed E-state index contributed by atoms with van der Waals surface area (Å²) < 4.78 is 4.86. The largest absolute Gasteiger partial charge is 0.466 e. The smallest absolute Gasteiger partial charge is 0.306 e. The van der Waals surface area contributed by atoms with E-state index in [0.717, 1.165) is 37.2 Å². The molecule has 2 amide bonds. The van der Waals surface area contributed by atoms with Crippen LogP contribution in [-0.4, -0.2) is 37.5 Å². The fourth-order valence-electron chi connectivity index (χ4n) is 3.80. The minimum atomic E-state index is -0.401. The molecule has 0 aromatic heterocycles. The molecule has 0 bridgehead atoms. The van der Waals surface area contributed by atoms with Gasteiger partial charge in [0.05, 0.1) is 24.6 Å². The minimum Gasteiger partial charge on any atom is -0.466 e. The van der Waals surface area contributed by atoms with Crippen LogP contribution in [0.15, 0.2) is 48.5 Å². The van der Waals surface area contributed by atoms with Gasteiger partial charge in [-0.15, -0.1) is 0 Å². The summed E-state index contributed by atoms with van der Waals surface area (Å²) >= 11 is 0. The van der Waals surface area contributed by atoms with Crippen LogP contribution < -0.4 is 15.5 Å². The number of nitrogens with one attached hydrogen (secondary N) is 2. The zero-order valence-electron chi connectivity index (χ0n) is 18.7. The van der Waals surface area contributed by atoms with Gasteiger partial charge in [-0.3, -0.25) is 14.4 Å². The Hall–Kier alpha value is -3.35. The second-order valence-corrected chi connectivity index (χ2v) is 7.89. The number of benzene rings is 2. The quantitative estimate of drug-likeness (QED) is 0.578. The second kappa shape index (κ2) is 11.3. The number of nitrogens with zero attached hydrogens (tertiary/aromatic N) is 1. The maximum Gasteiger partial charge on any atom is 0.306 e. The first-order valence-corrected chi connectivity index (χ1v) is 11.2. The lowest BCUT2D eigenvalue weighted by atomic mass is 10.1. The Morgan fingerprint density at radius 2 is 1.75 bits per heavy atom. The van der Waals surface area contributed by atoms with Gasteiger partial charge in [-0.25, -0.2) is 0 Å². The molecule has 1 aliphatic heterocycles. The Morgan fingerprint density at radius 1 is 1.03 bits per heavy atom. The fourth-order valence-corrected chi connectivity index (χ4v) is 3.80. The topological polar surface area (TPSA) is 87.7 Å². The Bertz CT molecular complexity index is 939. The summed E-state index contributed by atoms with van der Waals surface area (Å²) in [6.07, 6.45) is 2.23. The molecule has 7 nitrogen and oxygen atoms in total. The van der Waals surface area contributed by atoms with E-state index in [1.54, 1.807) is 19.1 Å². The standard InChI is InChI=1S/C25H31N3O4/c1-3-32-24(30)14-13-23(29)27-20-11-12-22(28-15-7-8-16-28)21(17-20)25(31)26-18(2)19-9-5-4-6-10-19/h4-6,9-12,17-18H,3,7-8,13-16H2,1-2H3,(H,26,31)(H,27,29). The van der Waals surface area contributed by atoms with Crippen molar-refractivity contribution in [2.45, 2.75) is 45.6 Å². The van der Waals surface area contributed by atoms with Crippen molar-refractivity contribution >= 4 is 29.2 Å². The Morgan fingerprint density at radius 3 is 2.44 bits per heavy atom. The summed E-state index contributed by atoms with van der Waals surface area (Å²) in [7, 11) is 0. The van der Waals surface area contributed by atoms with Crippen LogP contribution in [-0.2, 0) is 14.3 Å². The number of rotatable bonds is 9. The maximum absolute atomic E-state index is 13.2. The second-order valence-electron chi connectivity index (χ2n) is 7.89. The minimum absolute atomic E-state index is 0.0213. The lowest BCUT2D eigenvalue weighted by molar-refractivity contribution is -0.144. The zero-order chi connectivity index (χ0) is 22.9. The predicted molar refractivity (Wildman–Crippen MR) is 125 cm³/mol. The molecule has 0 radical (unpaired) electrons. The van der Waals surface area contributed by atoms with E-state index >= 15 is 0 Å². The van der Waals surface area contributed by atoms with Gasteiger partial charge in [0, 0.05) is 30.9 Å². The normalized spacial score (nSPS) is 14.0. The van der Waals surface area contributed by atoms with Gasteiger partial charge in [0.1, 0.15) is 0 Å². The third-order valence-electron chi connectivity index (χ3n) is 5.48. The van der Waals surface area contributed by atoms with Gasteiger partial charge in [0.25, 0.3) is 5.91 Å². The third-order valence-corrected chi connectivity index (χ3v) is 5.48. The van der Waals surface area contributed by atoms with Crippen LogP contribution in [0.2, 0.25) is 0 Å². The Kier molecular flexibility index (Phi) is 8.25. The summed E-state index contributed by atoms with van der Waals surface area (Å²) in [5.74, 6) is -0.885. The molecule has 2 aromatic carbocycles. The molecule has 0 saturated carbocycles. The van der Waals surface area contributed by atoms with E-state index in [1.165, 1.54) is 0 Å². The van der Waals surface area contributed by atoms with Crippen LogP contribution >= 0.6 is 0 Å². The van der Waals surface area contributed by atoms with Crippen molar-refractivity contribution in [1.29, 1.82) is 0 Å². The number of carbonyl (C=O) groups excluding carboxylic acids is 3. The highest BCUT2D eigenvalue weighted by molar-refractivity contribution is 6.02. The molecule has 2 N–H and O–H groups in total. The predicted octanol–water partition coefficient (Wildman–Crippen LogP) is 4.06. The molecule has 0 spiro atoms. The number of carbonyl (C=O) groups is 3. The van der Waals surface area contributed by atoms with E-state index in [1.807, 2.05) is 43.3 Å². The lowest BCUT2D eigenvalue weighted by Crippen LogP contribution is -2.29. The molecular weight excluding hydrogens is 406 g/mol. The molecule has 1 atom stereocenters. The van der Waals surface area contributed by atoms with Crippen molar-refractivity contribution < 1.29 is 19.1 Å². The number of amides is 2. The number of ether oxygens (including phenoxy) is 1. The van der Waals surface area contributed by atoms with Gasteiger partial charge < -0.3 is 20.3 Å². The molecule has 1 saturated heterocycles. The van der Waals surface area contributed by atoms with Crippen LogP contribution in [0.4, 0.5) is 11.4 Å². The van der Waals surface area contributed by atoms with Gasteiger partial charge in [-0.1, -0.05) is 30.3 Å². The van der Waals surface area contributed by atoms with Gasteiger partial charge >= 0.3 is 5.97 Å². The molecule has 0 aliphatic carbocycles. The third kappa shape index (κ3) is 6.33. The summed E-state index contributed by atoms with van der Waals surface area (Å²) in [5, 5.41) is 5.86. The molecule has 7 heteroatoms. The monoisotopic (exact) mass is 437 g/mol. The zero-order valence-corrected chi connectivity index (χ0v) is 18.7. The van der Waals surface area contributed by atoms with E-state index in [0.29, 0.717) is 11.3 Å². The Balaban J connectivity index is 1.75. The fraction of sp³-hybridized carbons (Fsp3) is 0.400. The first-order chi connectivity index (χ1) is 15.5. The van der Waals surface area contributed by atoms with E-state index in [9.17, 15) is 14.4 Å². The Labute approximate surface area is 189 Å². The van der Waals surface area contributed by atoms with Crippen molar-refractivity contribution in [1.82, 2.24) is 5.32 Å². The van der Waals surface area contributed by atoms with Crippen molar-refractivity contribution in [3.63, 3.8) is 0 Å². The number of esters is 1. The maximum atomic E-state index is 13.2. The van der Waals surface area contributed by atoms with Gasteiger partial charge in [-0.05, 0) is 50.5 Å². The number of anilines is 2. The molecule has 1 aliphatic rings. The molecule has 1 fully saturated rings. The lowest BCUT2D eigenvalue weighted by Gasteiger charge is -2.23. The SMILES string of the molecule is CCOC(=O)CCC(=O)Nc1ccc(N2CCCC2)c(C(=O)NC(C)c2ccccc2)c1. The summed E-state index contributed by atoms with van der Waals surface area (Å²) in [4.78, 5) is 39.2. The van der Waals surface area contributed by atoms with Crippen LogP contribution in [0.3, 0.4) is 0 Å². The van der Waals surface area contributed by atoms with E-state index in [2.05, 4.69) is 15.5 Å². The van der Waals surface area contributed by atoms with Crippen LogP contribution in [0.1, 0.15) is 61.5 Å². The molecule has 3 rings (SSSR count). The van der Waals surface area contributed by atoms with E-state index in [4.69, 9.17) is 4.74 Å². The van der Waals surface area contributed by atoms with Gasteiger partial charge in [0.2, 0.25) is 5.91 Å². The highest BCUT2D eigenvalue weighted by atomic mass is 16.5. The van der Waals surface area contributed by atoms with E-state index < -0.39 is 5.97 Å². The number of hydrogen-bond acceptors (Lipinski definition) is 5. The number of hydrogen-bond donors (Lipinski definition) is 2. The van der Waals surface area contributed by atoms with Crippen molar-refractivity contribution in [3.05, 3.63) is 59.7 Å². The average Bonchev–Trinajstić information content (AvgIpc) is 3.33. The summed E-state index contributed by atoms with van der Waals surface area (Å²) in [6, 6.07) is 15.0. The molecule has 32 heavy (non-hydrogen) atoms. The first kappa shape index (κ1) is 23.3. The van der Waals surface area contributed by atoms with Crippen molar-refractivity contribution in [2.75, 3.05) is 29.9 Å². The van der Waals surface area contributed by atoms with Crippen LogP contribution in [0.5, 0.6) is 0 Å². The highest BCUT2D eigenvalue weighted by Crippen LogP contribution is 2.28. The van der Waals surface area contributed by atoms with Crippen molar-refractivity contribution in [3.8, 4) is 0 Å². The van der Waals surface area contributed by atoms with E-state index in [-0.39, 0.29) is 37.3 Å². The molecule has 2 aromatic rings. The van der Waals surface area contributed by atoms with Gasteiger partial charge in [0.15, 0.2) is 0 Å². The molecule has 1 unspecified atom stereocenters. The summed E-state index contributed by atoms with van der Waals surface area (Å²) in [6.45, 7) is 5.77. The summed E-state index contributed by atoms with van der Waals surface area (Å²) in [5.41, 5.74) is 2.94. The van der Waals surface area contributed by atoms with Crippen molar-refractivity contribution in [2.24, 2.45) is 0 Å². The molecule has 170 valence electrons. The first-order valence-electron chi connectivity index (χ1n) is 11.2. The van der Waals surface area contributed by atoms with Gasteiger partial charge in [-0.2, -0.15) is 0 Å². The average molecular weight is 438 g/mol. The van der Waals surface area contributed by atoms with Crippen LogP contribution in [0.25, 0.3) is 0 Å².